The summed E-state index contributed by atoms with van der Waals surface area (Å²) in [6.45, 7) is 0. The van der Waals surface area contributed by atoms with Crippen LogP contribution in [0.15, 0.2) is 65.6 Å². The van der Waals surface area contributed by atoms with E-state index in [1.54, 1.807) is 12.3 Å². The van der Waals surface area contributed by atoms with E-state index in [1.807, 2.05) is 30.4 Å². The third-order valence-corrected chi connectivity index (χ3v) is 3.14. The van der Waals surface area contributed by atoms with Gasteiger partial charge in [-0.05, 0) is 23.3 Å². The number of nitrogens with zero attached hydrogens (tertiary/aromatic N) is 1. The highest BCUT2D eigenvalue weighted by Gasteiger charge is 2.20. The van der Waals surface area contributed by atoms with E-state index in [-0.39, 0.29) is 5.91 Å². The molecule has 0 bridgehead atoms. The molecule has 0 aliphatic heterocycles. The fraction of sp³-hybridized carbons (Fsp3) is 0. The van der Waals surface area contributed by atoms with E-state index in [0.29, 0.717) is 16.3 Å². The summed E-state index contributed by atoms with van der Waals surface area (Å²) in [4.78, 5) is 16.0. The van der Waals surface area contributed by atoms with E-state index >= 15 is 0 Å². The Hall–Kier alpha value is -2.13. The van der Waals surface area contributed by atoms with Crippen molar-refractivity contribution in [1.29, 1.82) is 0 Å². The molecule has 3 nitrogen and oxygen atoms in total. The van der Waals surface area contributed by atoms with E-state index in [0.717, 1.165) is 11.1 Å². The predicted molar refractivity (Wildman–Crippen MR) is 71.3 cm³/mol. The molecule has 3 rings (SSSR count). The summed E-state index contributed by atoms with van der Waals surface area (Å²) in [6.07, 6.45) is 12.7. The fourth-order valence-electron chi connectivity index (χ4n) is 1.95. The van der Waals surface area contributed by atoms with Crippen molar-refractivity contribution in [3.05, 3.63) is 70.6 Å². The first-order valence-electron chi connectivity index (χ1n) is 5.47. The van der Waals surface area contributed by atoms with Gasteiger partial charge in [0.1, 0.15) is 0 Å². The molecule has 1 aromatic heterocycles. The Bertz CT molecular complexity index is 654. The first-order valence-corrected chi connectivity index (χ1v) is 5.85. The predicted octanol–water partition coefficient (Wildman–Crippen LogP) is 3.04. The van der Waals surface area contributed by atoms with Crippen molar-refractivity contribution in [1.82, 2.24) is 4.98 Å². The van der Waals surface area contributed by atoms with Crippen LogP contribution < -0.4 is 5.32 Å². The minimum atomic E-state index is -0.163. The fourth-order valence-corrected chi connectivity index (χ4v) is 2.12. The molecule has 0 saturated carbocycles. The highest BCUT2D eigenvalue weighted by molar-refractivity contribution is 6.33. The summed E-state index contributed by atoms with van der Waals surface area (Å²) in [5.41, 5.74) is 3.25. The summed E-state index contributed by atoms with van der Waals surface area (Å²) in [7, 11) is 0. The van der Waals surface area contributed by atoms with Crippen LogP contribution in [-0.4, -0.2) is 10.9 Å². The average molecular weight is 257 g/mol. The van der Waals surface area contributed by atoms with Crippen LogP contribution in [0.2, 0.25) is 5.02 Å². The molecular weight excluding hydrogens is 248 g/mol. The monoisotopic (exact) mass is 256 g/mol. The van der Waals surface area contributed by atoms with Gasteiger partial charge >= 0.3 is 0 Å². The van der Waals surface area contributed by atoms with Gasteiger partial charge in [0.05, 0.1) is 10.7 Å². The van der Waals surface area contributed by atoms with Crippen LogP contribution in [0, 0.1) is 0 Å². The number of anilines is 1. The molecule has 4 heteroatoms. The molecule has 0 spiro atoms. The van der Waals surface area contributed by atoms with Crippen molar-refractivity contribution < 1.29 is 4.79 Å². The van der Waals surface area contributed by atoms with Crippen LogP contribution in [0.25, 0.3) is 0 Å². The van der Waals surface area contributed by atoms with Gasteiger partial charge in [0.2, 0.25) is 0 Å². The number of allylic oxidation sites excluding steroid dienone is 6. The number of fused-ring (bicyclic) bond motifs is 1. The molecular formula is C14H9ClN2O. The largest absolute Gasteiger partial charge is 0.321 e. The van der Waals surface area contributed by atoms with Crippen molar-refractivity contribution >= 4 is 23.2 Å². The van der Waals surface area contributed by atoms with Crippen LogP contribution in [0.5, 0.6) is 0 Å². The maximum absolute atomic E-state index is 12.1. The van der Waals surface area contributed by atoms with Crippen LogP contribution in [0.4, 0.5) is 5.69 Å². The average Bonchev–Trinajstić information content (AvgIpc) is 2.93. The molecule has 0 radical (unpaired) electrons. The maximum Gasteiger partial charge on any atom is 0.256 e. The van der Waals surface area contributed by atoms with Crippen molar-refractivity contribution in [3.63, 3.8) is 0 Å². The Morgan fingerprint density at radius 2 is 2.17 bits per heavy atom. The molecule has 2 aliphatic carbocycles. The summed E-state index contributed by atoms with van der Waals surface area (Å²) >= 11 is 5.95. The van der Waals surface area contributed by atoms with E-state index < -0.39 is 0 Å². The van der Waals surface area contributed by atoms with E-state index in [4.69, 9.17) is 11.6 Å². The van der Waals surface area contributed by atoms with Crippen molar-refractivity contribution in [2.75, 3.05) is 5.32 Å². The molecule has 0 saturated heterocycles. The molecule has 1 amide bonds. The number of hydrogen-bond donors (Lipinski definition) is 1. The summed E-state index contributed by atoms with van der Waals surface area (Å²) in [5.74, 6) is -0.163. The molecule has 0 fully saturated rings. The lowest BCUT2D eigenvalue weighted by Crippen LogP contribution is -2.14. The van der Waals surface area contributed by atoms with Crippen molar-refractivity contribution in [2.24, 2.45) is 0 Å². The molecule has 1 heterocycles. The Kier molecular flexibility index (Phi) is 2.61. The number of nitrogens with one attached hydrogen (secondary N) is 1. The molecule has 18 heavy (non-hydrogen) atoms. The number of carbonyl (C=O) groups excluding carboxylic acids is 1. The molecule has 0 aromatic carbocycles. The first kappa shape index (κ1) is 11.0. The third-order valence-electron chi connectivity index (χ3n) is 2.83. The Labute approximate surface area is 109 Å². The molecule has 88 valence electrons. The zero-order valence-electron chi connectivity index (χ0n) is 9.35. The van der Waals surface area contributed by atoms with Gasteiger partial charge in [-0.1, -0.05) is 35.9 Å². The van der Waals surface area contributed by atoms with Gasteiger partial charge in [-0.2, -0.15) is 0 Å². The Morgan fingerprint density at radius 3 is 3.00 bits per heavy atom. The number of halogens is 1. The molecule has 2 aliphatic rings. The number of rotatable bonds is 2. The minimum Gasteiger partial charge on any atom is -0.321 e. The van der Waals surface area contributed by atoms with Gasteiger partial charge in [0.25, 0.3) is 5.91 Å². The second kappa shape index (κ2) is 4.27. The van der Waals surface area contributed by atoms with Crippen LogP contribution in [0.3, 0.4) is 0 Å². The van der Waals surface area contributed by atoms with Gasteiger partial charge in [0, 0.05) is 18.0 Å². The standard InChI is InChI=1S/C14H9ClN2O/c15-12-8-16-7-6-13(12)17-14(18)11-5-4-9-2-1-3-10(9)11/h1-8H,(H,16,17,18). The van der Waals surface area contributed by atoms with Crippen LogP contribution in [0.1, 0.15) is 0 Å². The number of amides is 1. The van der Waals surface area contributed by atoms with E-state index in [9.17, 15) is 4.79 Å². The van der Waals surface area contributed by atoms with Crippen molar-refractivity contribution in [2.45, 2.75) is 0 Å². The summed E-state index contributed by atoms with van der Waals surface area (Å²) < 4.78 is 0. The minimum absolute atomic E-state index is 0.163. The SMILES string of the molecule is O=C(Nc1ccncc1Cl)C1=C2C=CC=C2C=C1. The molecule has 1 aromatic rings. The van der Waals surface area contributed by atoms with Gasteiger partial charge in [-0.25, -0.2) is 0 Å². The quantitative estimate of drug-likeness (QED) is 0.884. The Balaban J connectivity index is 1.88. The summed E-state index contributed by atoms with van der Waals surface area (Å²) in [5, 5.41) is 3.21. The lowest BCUT2D eigenvalue weighted by Gasteiger charge is -2.07. The van der Waals surface area contributed by atoms with Gasteiger partial charge in [-0.15, -0.1) is 0 Å². The highest BCUT2D eigenvalue weighted by atomic mass is 35.5. The topological polar surface area (TPSA) is 42.0 Å². The number of carbonyl (C=O) groups is 1. The molecule has 1 N–H and O–H groups in total. The summed E-state index contributed by atoms with van der Waals surface area (Å²) in [6, 6.07) is 1.67. The van der Waals surface area contributed by atoms with Crippen LogP contribution in [-0.2, 0) is 4.79 Å². The van der Waals surface area contributed by atoms with Crippen LogP contribution >= 0.6 is 11.6 Å². The molecule has 0 atom stereocenters. The van der Waals surface area contributed by atoms with E-state index in [2.05, 4.69) is 10.3 Å². The zero-order chi connectivity index (χ0) is 12.5. The number of hydrogen-bond acceptors (Lipinski definition) is 2. The van der Waals surface area contributed by atoms with Gasteiger partial charge in [-0.3, -0.25) is 9.78 Å². The molecule has 0 unspecified atom stereocenters. The smallest absolute Gasteiger partial charge is 0.256 e. The maximum atomic E-state index is 12.1. The highest BCUT2D eigenvalue weighted by Crippen LogP contribution is 2.31. The lowest BCUT2D eigenvalue weighted by molar-refractivity contribution is -0.112. The third kappa shape index (κ3) is 1.79. The lowest BCUT2D eigenvalue weighted by atomic mass is 10.1. The van der Waals surface area contributed by atoms with Gasteiger partial charge < -0.3 is 5.32 Å². The van der Waals surface area contributed by atoms with E-state index in [1.165, 1.54) is 6.20 Å². The number of pyridine rings is 1. The van der Waals surface area contributed by atoms with Crippen molar-refractivity contribution in [3.8, 4) is 0 Å². The second-order valence-corrected chi connectivity index (χ2v) is 4.36. The zero-order valence-corrected chi connectivity index (χ0v) is 10.1. The normalized spacial score (nSPS) is 15.9. The second-order valence-electron chi connectivity index (χ2n) is 3.95. The Morgan fingerprint density at radius 1 is 1.28 bits per heavy atom. The first-order chi connectivity index (χ1) is 8.75. The number of aromatic nitrogens is 1. The van der Waals surface area contributed by atoms with Gasteiger partial charge in [0.15, 0.2) is 0 Å².